The van der Waals surface area contributed by atoms with Crippen LogP contribution in [0.4, 0.5) is 0 Å². The van der Waals surface area contributed by atoms with Crippen molar-refractivity contribution in [1.29, 1.82) is 0 Å². The Kier molecular flexibility index (Phi) is 4.72. The summed E-state index contributed by atoms with van der Waals surface area (Å²) in [5, 5.41) is 2.55. The van der Waals surface area contributed by atoms with Gasteiger partial charge in [-0.3, -0.25) is 19.3 Å². The lowest BCUT2D eigenvalue weighted by Crippen LogP contribution is -2.59. The maximum Gasteiger partial charge on any atom is 0.269 e. The minimum atomic E-state index is -4.03. The minimum absolute atomic E-state index is 0.0712. The summed E-state index contributed by atoms with van der Waals surface area (Å²) in [4.78, 5) is 40.1. The maximum atomic E-state index is 12.6. The van der Waals surface area contributed by atoms with Gasteiger partial charge in [-0.1, -0.05) is 12.1 Å². The Hall–Kier alpha value is -2.46. The smallest absolute Gasteiger partial charge is 0.269 e. The van der Waals surface area contributed by atoms with E-state index < -0.39 is 34.4 Å². The summed E-state index contributed by atoms with van der Waals surface area (Å²) in [6, 6.07) is 5.37. The molecular weight excluding hydrogens is 360 g/mol. The van der Waals surface area contributed by atoms with Crippen molar-refractivity contribution >= 4 is 27.7 Å². The van der Waals surface area contributed by atoms with Gasteiger partial charge in [0.25, 0.3) is 15.9 Å². The van der Waals surface area contributed by atoms with E-state index in [1.807, 2.05) is 4.90 Å². The first-order chi connectivity index (χ1) is 12.3. The summed E-state index contributed by atoms with van der Waals surface area (Å²) >= 11 is 0. The number of carbonyl (C=O) groups is 3. The van der Waals surface area contributed by atoms with Crippen molar-refractivity contribution in [1.82, 2.24) is 19.4 Å². The topological polar surface area (TPSA) is 107 Å². The molecule has 0 radical (unpaired) electrons. The molecule has 10 heteroatoms. The van der Waals surface area contributed by atoms with E-state index in [1.165, 1.54) is 30.1 Å². The van der Waals surface area contributed by atoms with Crippen LogP contribution in [0.2, 0.25) is 0 Å². The number of hydrogen-bond donors (Lipinski definition) is 1. The van der Waals surface area contributed by atoms with Gasteiger partial charge in [-0.05, 0) is 19.2 Å². The predicted molar refractivity (Wildman–Crippen MR) is 91.7 cm³/mol. The van der Waals surface area contributed by atoms with Gasteiger partial charge >= 0.3 is 0 Å². The van der Waals surface area contributed by atoms with Crippen molar-refractivity contribution in [3.63, 3.8) is 0 Å². The van der Waals surface area contributed by atoms with Gasteiger partial charge in [0.05, 0.1) is 5.56 Å². The third-order valence-corrected chi connectivity index (χ3v) is 6.53. The van der Waals surface area contributed by atoms with Crippen LogP contribution in [0.5, 0.6) is 0 Å². The number of rotatable bonds is 3. The van der Waals surface area contributed by atoms with E-state index in [1.54, 1.807) is 13.1 Å². The van der Waals surface area contributed by atoms with Crippen molar-refractivity contribution < 1.29 is 22.8 Å². The van der Waals surface area contributed by atoms with Crippen LogP contribution in [0.25, 0.3) is 0 Å². The van der Waals surface area contributed by atoms with Crippen molar-refractivity contribution in [3.05, 3.63) is 29.8 Å². The second kappa shape index (κ2) is 6.69. The van der Waals surface area contributed by atoms with E-state index in [-0.39, 0.29) is 22.9 Å². The molecule has 3 amide bonds. The van der Waals surface area contributed by atoms with Crippen LogP contribution in [0.3, 0.4) is 0 Å². The second-order valence-corrected chi connectivity index (χ2v) is 8.09. The lowest BCUT2D eigenvalue weighted by Gasteiger charge is -2.38. The van der Waals surface area contributed by atoms with E-state index in [9.17, 15) is 22.8 Å². The minimum Gasteiger partial charge on any atom is -0.358 e. The van der Waals surface area contributed by atoms with Gasteiger partial charge in [-0.15, -0.1) is 0 Å². The Labute approximate surface area is 151 Å². The van der Waals surface area contributed by atoms with Gasteiger partial charge in [-0.25, -0.2) is 12.7 Å². The molecule has 0 aliphatic carbocycles. The quantitative estimate of drug-likeness (QED) is 0.700. The molecular formula is C16H20N4O5S. The highest BCUT2D eigenvalue weighted by atomic mass is 32.2. The average Bonchev–Trinajstić information content (AvgIpc) is 2.82. The summed E-state index contributed by atoms with van der Waals surface area (Å²) in [5.41, 5.74) is 0.0712. The molecule has 0 unspecified atom stereocenters. The molecule has 1 saturated heterocycles. The Morgan fingerprint density at radius 1 is 1.23 bits per heavy atom. The van der Waals surface area contributed by atoms with E-state index in [0.29, 0.717) is 17.4 Å². The van der Waals surface area contributed by atoms with E-state index in [0.717, 1.165) is 0 Å². The van der Waals surface area contributed by atoms with Crippen molar-refractivity contribution in [3.8, 4) is 0 Å². The number of benzene rings is 1. The second-order valence-electron chi connectivity index (χ2n) is 6.26. The van der Waals surface area contributed by atoms with Crippen LogP contribution < -0.4 is 5.32 Å². The first-order valence-corrected chi connectivity index (χ1v) is 9.57. The number of nitrogens with zero attached hydrogens (tertiary/aromatic N) is 3. The molecule has 140 valence electrons. The molecule has 1 aromatic carbocycles. The summed E-state index contributed by atoms with van der Waals surface area (Å²) in [6.07, 6.45) is 0. The molecule has 0 saturated carbocycles. The SMILES string of the molecule is CNC(=O)[C@H]1CN(C(=O)CN2C(=O)c3ccccc3S2(=O)=O)CCN1C. The monoisotopic (exact) mass is 380 g/mol. The van der Waals surface area contributed by atoms with Crippen LogP contribution >= 0.6 is 0 Å². The van der Waals surface area contributed by atoms with Gasteiger partial charge in [0.15, 0.2) is 0 Å². The fourth-order valence-electron chi connectivity index (χ4n) is 3.16. The van der Waals surface area contributed by atoms with Crippen molar-refractivity contribution in [2.45, 2.75) is 10.9 Å². The normalized spacial score (nSPS) is 22.2. The maximum absolute atomic E-state index is 12.6. The summed E-state index contributed by atoms with van der Waals surface area (Å²) < 4.78 is 25.7. The lowest BCUT2D eigenvalue weighted by atomic mass is 10.1. The zero-order valence-corrected chi connectivity index (χ0v) is 15.3. The number of nitrogens with one attached hydrogen (secondary N) is 1. The molecule has 0 aromatic heterocycles. The number of likely N-dealkylation sites (N-methyl/N-ethyl adjacent to an activating group) is 2. The molecule has 0 spiro atoms. The average molecular weight is 380 g/mol. The standard InChI is InChI=1S/C16H20N4O5S/c1-17-15(22)12-9-19(8-7-18(12)2)14(21)10-20-16(23)11-5-3-4-6-13(11)26(20,24)25/h3-6,12H,7-10H2,1-2H3,(H,17,22)/t12-/m1/s1. The third-order valence-electron chi connectivity index (χ3n) is 4.74. The number of piperazine rings is 1. The number of carbonyl (C=O) groups excluding carboxylic acids is 3. The largest absolute Gasteiger partial charge is 0.358 e. The highest BCUT2D eigenvalue weighted by molar-refractivity contribution is 7.90. The fourth-order valence-corrected chi connectivity index (χ4v) is 4.68. The Balaban J connectivity index is 1.77. The molecule has 1 atom stereocenters. The fraction of sp³-hybridized carbons (Fsp3) is 0.438. The summed E-state index contributed by atoms with van der Waals surface area (Å²) in [5.74, 6) is -1.43. The highest BCUT2D eigenvalue weighted by Crippen LogP contribution is 2.29. The molecule has 9 nitrogen and oxygen atoms in total. The van der Waals surface area contributed by atoms with Crippen molar-refractivity contribution in [2.75, 3.05) is 40.3 Å². The van der Waals surface area contributed by atoms with Crippen LogP contribution in [0, 0.1) is 0 Å². The van der Waals surface area contributed by atoms with Gasteiger partial charge < -0.3 is 10.2 Å². The van der Waals surface area contributed by atoms with Crippen LogP contribution in [-0.2, 0) is 19.6 Å². The number of sulfonamides is 1. The van der Waals surface area contributed by atoms with Crippen LogP contribution in [-0.4, -0.2) is 86.6 Å². The van der Waals surface area contributed by atoms with Crippen molar-refractivity contribution in [2.24, 2.45) is 0 Å². The van der Waals surface area contributed by atoms with Gasteiger partial charge in [0.2, 0.25) is 11.8 Å². The van der Waals surface area contributed by atoms with Gasteiger partial charge in [0, 0.05) is 26.7 Å². The number of fused-ring (bicyclic) bond motifs is 1. The molecule has 2 aliphatic heterocycles. The Morgan fingerprint density at radius 3 is 2.58 bits per heavy atom. The molecule has 26 heavy (non-hydrogen) atoms. The number of hydrogen-bond acceptors (Lipinski definition) is 6. The summed E-state index contributed by atoms with van der Waals surface area (Å²) in [6.45, 7) is 0.409. The molecule has 2 aliphatic rings. The third kappa shape index (κ3) is 2.95. The van der Waals surface area contributed by atoms with E-state index >= 15 is 0 Å². The van der Waals surface area contributed by atoms with Crippen LogP contribution in [0.1, 0.15) is 10.4 Å². The van der Waals surface area contributed by atoms with Gasteiger partial charge in [-0.2, -0.15) is 0 Å². The first-order valence-electron chi connectivity index (χ1n) is 8.13. The predicted octanol–water partition coefficient (Wildman–Crippen LogP) is -1.28. The Bertz CT molecular complexity index is 869. The zero-order chi connectivity index (χ0) is 19.1. The molecule has 3 rings (SSSR count). The highest BCUT2D eigenvalue weighted by Gasteiger charge is 2.43. The molecule has 0 bridgehead atoms. The zero-order valence-electron chi connectivity index (χ0n) is 14.5. The van der Waals surface area contributed by atoms with E-state index in [2.05, 4.69) is 5.32 Å². The van der Waals surface area contributed by atoms with Crippen LogP contribution in [0.15, 0.2) is 29.2 Å². The van der Waals surface area contributed by atoms with Gasteiger partial charge in [0.1, 0.15) is 17.5 Å². The summed E-state index contributed by atoms with van der Waals surface area (Å²) in [7, 11) is -0.726. The molecule has 1 aromatic rings. The Morgan fingerprint density at radius 2 is 1.92 bits per heavy atom. The molecule has 1 fully saturated rings. The van der Waals surface area contributed by atoms with E-state index in [4.69, 9.17) is 0 Å². The molecule has 2 heterocycles. The molecule has 1 N–H and O–H groups in total. The number of amides is 3. The lowest BCUT2D eigenvalue weighted by molar-refractivity contribution is -0.137. The first kappa shape index (κ1) is 18.3.